The van der Waals surface area contributed by atoms with Gasteiger partial charge in [0.1, 0.15) is 5.60 Å². The third kappa shape index (κ3) is 3.62. The number of rotatable bonds is 4. The molecular weight excluding hydrogens is 240 g/mol. The molecule has 1 aliphatic heterocycles. The molecule has 4 nitrogen and oxygen atoms in total. The molecule has 2 fully saturated rings. The van der Waals surface area contributed by atoms with Gasteiger partial charge in [-0.1, -0.05) is 13.3 Å². The third-order valence-corrected chi connectivity index (χ3v) is 4.46. The molecule has 0 radical (unpaired) electrons. The van der Waals surface area contributed by atoms with Gasteiger partial charge in [-0.15, -0.1) is 0 Å². The molecule has 0 aromatic rings. The van der Waals surface area contributed by atoms with E-state index >= 15 is 0 Å². The molecule has 1 saturated heterocycles. The molecule has 2 rings (SSSR count). The van der Waals surface area contributed by atoms with Crippen LogP contribution in [0.4, 0.5) is 4.79 Å². The Kier molecular flexibility index (Phi) is 4.09. The average Bonchev–Trinajstić information content (AvgIpc) is 2.16. The van der Waals surface area contributed by atoms with E-state index in [2.05, 4.69) is 12.2 Å². The standard InChI is InChI=1S/C15H28N2O2/c1-5-15(7-6-8-15)11-16-12-9-17(10-12)13(18)19-14(2,3)4/h12,16H,5-11H2,1-4H3. The minimum atomic E-state index is -0.395. The summed E-state index contributed by atoms with van der Waals surface area (Å²) >= 11 is 0. The molecule has 1 amide bonds. The van der Waals surface area contributed by atoms with Gasteiger partial charge in [-0.05, 0) is 45.4 Å². The Hall–Kier alpha value is -0.770. The van der Waals surface area contributed by atoms with Crippen molar-refractivity contribution in [1.29, 1.82) is 0 Å². The number of carbonyl (C=O) groups excluding carboxylic acids is 1. The van der Waals surface area contributed by atoms with Gasteiger partial charge in [0.15, 0.2) is 0 Å². The smallest absolute Gasteiger partial charge is 0.410 e. The summed E-state index contributed by atoms with van der Waals surface area (Å²) in [5.41, 5.74) is 0.153. The predicted octanol–water partition coefficient (Wildman–Crippen LogP) is 2.78. The Morgan fingerprint density at radius 3 is 2.42 bits per heavy atom. The number of nitrogens with zero attached hydrogens (tertiary/aromatic N) is 1. The van der Waals surface area contributed by atoms with Gasteiger partial charge >= 0.3 is 6.09 Å². The van der Waals surface area contributed by atoms with Crippen LogP contribution in [0.25, 0.3) is 0 Å². The van der Waals surface area contributed by atoms with Crippen molar-refractivity contribution in [3.8, 4) is 0 Å². The largest absolute Gasteiger partial charge is 0.444 e. The molecule has 4 heteroatoms. The Morgan fingerprint density at radius 1 is 1.37 bits per heavy atom. The van der Waals surface area contributed by atoms with Gasteiger partial charge in [0.25, 0.3) is 0 Å². The first kappa shape index (κ1) is 14.6. The fourth-order valence-corrected chi connectivity index (χ4v) is 2.78. The Bertz CT molecular complexity index is 320. The number of ether oxygens (including phenoxy) is 1. The lowest BCUT2D eigenvalue weighted by Gasteiger charge is -2.45. The molecule has 0 unspecified atom stereocenters. The summed E-state index contributed by atoms with van der Waals surface area (Å²) in [6.07, 6.45) is 5.18. The molecule has 0 aromatic carbocycles. The summed E-state index contributed by atoms with van der Waals surface area (Å²) in [4.78, 5) is 13.6. The molecule has 0 aromatic heterocycles. The van der Waals surface area contributed by atoms with Crippen molar-refractivity contribution in [2.45, 2.75) is 65.0 Å². The summed E-state index contributed by atoms with van der Waals surface area (Å²) in [5.74, 6) is 0. The van der Waals surface area contributed by atoms with E-state index in [4.69, 9.17) is 4.74 Å². The van der Waals surface area contributed by atoms with Gasteiger partial charge in [-0.2, -0.15) is 0 Å². The topological polar surface area (TPSA) is 41.6 Å². The van der Waals surface area contributed by atoms with Crippen molar-refractivity contribution < 1.29 is 9.53 Å². The molecule has 19 heavy (non-hydrogen) atoms. The van der Waals surface area contributed by atoms with Gasteiger partial charge in [-0.25, -0.2) is 4.79 Å². The maximum atomic E-state index is 11.8. The summed E-state index contributed by atoms with van der Waals surface area (Å²) in [6.45, 7) is 10.7. The number of nitrogens with one attached hydrogen (secondary N) is 1. The van der Waals surface area contributed by atoms with Gasteiger partial charge in [0.2, 0.25) is 0 Å². The number of likely N-dealkylation sites (tertiary alicyclic amines) is 1. The van der Waals surface area contributed by atoms with Crippen molar-refractivity contribution >= 4 is 6.09 Å². The molecule has 2 aliphatic rings. The molecular formula is C15H28N2O2. The zero-order valence-corrected chi connectivity index (χ0v) is 12.8. The van der Waals surface area contributed by atoms with Crippen molar-refractivity contribution in [2.24, 2.45) is 5.41 Å². The van der Waals surface area contributed by atoms with Crippen LogP contribution < -0.4 is 5.32 Å². The lowest BCUT2D eigenvalue weighted by atomic mass is 9.67. The zero-order chi connectivity index (χ0) is 14.1. The van der Waals surface area contributed by atoms with E-state index in [9.17, 15) is 4.79 Å². The monoisotopic (exact) mass is 268 g/mol. The van der Waals surface area contributed by atoms with E-state index in [0.29, 0.717) is 11.5 Å². The molecule has 0 atom stereocenters. The normalized spacial score (nSPS) is 22.6. The summed E-state index contributed by atoms with van der Waals surface area (Å²) in [6, 6.07) is 0.455. The highest BCUT2D eigenvalue weighted by Gasteiger charge is 2.38. The average molecular weight is 268 g/mol. The number of carbonyl (C=O) groups is 1. The molecule has 1 saturated carbocycles. The van der Waals surface area contributed by atoms with Crippen molar-refractivity contribution in [3.63, 3.8) is 0 Å². The van der Waals surface area contributed by atoms with E-state index in [1.807, 2.05) is 20.8 Å². The molecule has 110 valence electrons. The first-order valence-electron chi connectivity index (χ1n) is 7.55. The number of amides is 1. The van der Waals surface area contributed by atoms with Crippen molar-refractivity contribution in [1.82, 2.24) is 10.2 Å². The molecule has 0 bridgehead atoms. The Balaban J connectivity index is 1.65. The van der Waals surface area contributed by atoms with Crippen LogP contribution in [-0.2, 0) is 4.74 Å². The molecule has 1 heterocycles. The van der Waals surface area contributed by atoms with E-state index in [-0.39, 0.29) is 6.09 Å². The molecule has 1 N–H and O–H groups in total. The maximum Gasteiger partial charge on any atom is 0.410 e. The van der Waals surface area contributed by atoms with E-state index in [1.165, 1.54) is 25.7 Å². The lowest BCUT2D eigenvalue weighted by molar-refractivity contribution is 0.00258. The fraction of sp³-hybridized carbons (Fsp3) is 0.933. The van der Waals surface area contributed by atoms with Crippen LogP contribution in [0.1, 0.15) is 53.4 Å². The van der Waals surface area contributed by atoms with Gasteiger partial charge in [-0.3, -0.25) is 0 Å². The number of hydrogen-bond donors (Lipinski definition) is 1. The van der Waals surface area contributed by atoms with Crippen LogP contribution in [-0.4, -0.2) is 42.3 Å². The second-order valence-electron chi connectivity index (χ2n) is 7.17. The highest BCUT2D eigenvalue weighted by molar-refractivity contribution is 5.69. The molecule has 0 spiro atoms. The van der Waals surface area contributed by atoms with Gasteiger partial charge in [0, 0.05) is 25.7 Å². The first-order valence-corrected chi connectivity index (χ1v) is 7.55. The van der Waals surface area contributed by atoms with Crippen LogP contribution >= 0.6 is 0 Å². The Morgan fingerprint density at radius 2 is 2.00 bits per heavy atom. The SMILES string of the molecule is CCC1(CNC2CN(C(=O)OC(C)(C)C)C2)CCC1. The predicted molar refractivity (Wildman–Crippen MR) is 76.2 cm³/mol. The van der Waals surface area contributed by atoms with Crippen LogP contribution in [0, 0.1) is 5.41 Å². The second kappa shape index (κ2) is 5.31. The number of hydrogen-bond acceptors (Lipinski definition) is 3. The van der Waals surface area contributed by atoms with Crippen LogP contribution in [0.15, 0.2) is 0 Å². The summed E-state index contributed by atoms with van der Waals surface area (Å²) < 4.78 is 5.35. The zero-order valence-electron chi connectivity index (χ0n) is 12.8. The Labute approximate surface area is 116 Å². The van der Waals surface area contributed by atoms with E-state index in [1.54, 1.807) is 4.90 Å². The van der Waals surface area contributed by atoms with Crippen molar-refractivity contribution in [3.05, 3.63) is 0 Å². The van der Waals surface area contributed by atoms with E-state index < -0.39 is 5.60 Å². The minimum Gasteiger partial charge on any atom is -0.444 e. The summed E-state index contributed by atoms with van der Waals surface area (Å²) in [5, 5.41) is 3.61. The van der Waals surface area contributed by atoms with Crippen LogP contribution in [0.5, 0.6) is 0 Å². The van der Waals surface area contributed by atoms with Gasteiger partial charge < -0.3 is 15.0 Å². The summed E-state index contributed by atoms with van der Waals surface area (Å²) in [7, 11) is 0. The molecule has 1 aliphatic carbocycles. The first-order chi connectivity index (χ1) is 8.84. The van der Waals surface area contributed by atoms with Gasteiger partial charge in [0.05, 0.1) is 0 Å². The second-order valence-corrected chi connectivity index (χ2v) is 7.17. The van der Waals surface area contributed by atoms with Crippen LogP contribution in [0.2, 0.25) is 0 Å². The minimum absolute atomic E-state index is 0.181. The third-order valence-electron chi connectivity index (χ3n) is 4.46. The maximum absolute atomic E-state index is 11.8. The highest BCUT2D eigenvalue weighted by atomic mass is 16.6. The van der Waals surface area contributed by atoms with Crippen molar-refractivity contribution in [2.75, 3.05) is 19.6 Å². The fourth-order valence-electron chi connectivity index (χ4n) is 2.78. The van der Waals surface area contributed by atoms with E-state index in [0.717, 1.165) is 19.6 Å². The van der Waals surface area contributed by atoms with Crippen LogP contribution in [0.3, 0.4) is 0 Å². The highest BCUT2D eigenvalue weighted by Crippen LogP contribution is 2.43. The quantitative estimate of drug-likeness (QED) is 0.852. The lowest BCUT2D eigenvalue weighted by Crippen LogP contribution is -2.62.